The quantitative estimate of drug-likeness (QED) is 0.817. The molecule has 2 aromatic rings. The van der Waals surface area contributed by atoms with Gasteiger partial charge in [0.05, 0.1) is 25.8 Å². The summed E-state index contributed by atoms with van der Waals surface area (Å²) in [4.78, 5) is 15.1. The highest BCUT2D eigenvalue weighted by molar-refractivity contribution is 6.01. The Labute approximate surface area is 156 Å². The third-order valence-corrected chi connectivity index (χ3v) is 5.61. The number of hydrogen-bond donors (Lipinski definition) is 0. The molecule has 1 aliphatic carbocycles. The van der Waals surface area contributed by atoms with Gasteiger partial charge in [0.25, 0.3) is 5.91 Å². The third kappa shape index (κ3) is 2.10. The number of rotatable bonds is 2. The molecule has 138 valence electrons. The standard InChI is InChI=1S/C21H19NO5/c1-22-19-13(5-4-11-8-16-17(9-14(11)19)27-10-26-16)12-6-7-15(24-2)20(25-3)18(12)21(22)23/h4-9,13,19H,10H2,1-3H3. The molecule has 2 unspecified atom stereocenters. The van der Waals surface area contributed by atoms with E-state index in [1.165, 1.54) is 0 Å². The van der Waals surface area contributed by atoms with E-state index in [1.54, 1.807) is 19.1 Å². The maximum Gasteiger partial charge on any atom is 0.258 e. The first-order valence-corrected chi connectivity index (χ1v) is 8.77. The van der Waals surface area contributed by atoms with Crippen molar-refractivity contribution in [1.82, 2.24) is 4.90 Å². The molecular formula is C21H19NO5. The van der Waals surface area contributed by atoms with Gasteiger partial charge in [0, 0.05) is 13.0 Å². The minimum atomic E-state index is -0.113. The summed E-state index contributed by atoms with van der Waals surface area (Å²) in [7, 11) is 4.96. The summed E-state index contributed by atoms with van der Waals surface area (Å²) < 4.78 is 22.0. The van der Waals surface area contributed by atoms with Crippen molar-refractivity contribution in [3.05, 3.63) is 52.6 Å². The second kappa shape index (κ2) is 5.67. The minimum absolute atomic E-state index is 0.0235. The monoisotopic (exact) mass is 365 g/mol. The molecule has 1 amide bonds. The molecule has 0 spiro atoms. The third-order valence-electron chi connectivity index (χ3n) is 5.61. The molecule has 0 radical (unpaired) electrons. The Morgan fingerprint density at radius 3 is 2.59 bits per heavy atom. The van der Waals surface area contributed by atoms with Crippen LogP contribution in [0.1, 0.15) is 39.0 Å². The van der Waals surface area contributed by atoms with Crippen LogP contribution >= 0.6 is 0 Å². The number of amides is 1. The number of ether oxygens (including phenoxy) is 4. The fraction of sp³-hybridized carbons (Fsp3) is 0.286. The summed E-state index contributed by atoms with van der Waals surface area (Å²) in [5.41, 5.74) is 3.61. The molecule has 2 aromatic carbocycles. The average molecular weight is 365 g/mol. The first-order chi connectivity index (χ1) is 13.1. The zero-order valence-corrected chi connectivity index (χ0v) is 15.3. The smallest absolute Gasteiger partial charge is 0.258 e. The van der Waals surface area contributed by atoms with Crippen LogP contribution < -0.4 is 18.9 Å². The molecule has 3 aliphatic rings. The number of methoxy groups -OCH3 is 2. The van der Waals surface area contributed by atoms with Gasteiger partial charge in [-0.05, 0) is 34.9 Å². The summed E-state index contributed by atoms with van der Waals surface area (Å²) >= 11 is 0. The summed E-state index contributed by atoms with van der Waals surface area (Å²) in [6.45, 7) is 0.227. The van der Waals surface area contributed by atoms with E-state index >= 15 is 0 Å². The number of likely N-dealkylation sites (N-methyl/N-ethyl adjacent to an activating group) is 1. The number of carbonyl (C=O) groups excluding carboxylic acids is 1. The molecule has 0 fully saturated rings. The summed E-state index contributed by atoms with van der Waals surface area (Å²) in [5.74, 6) is 2.45. The lowest BCUT2D eigenvalue weighted by atomic mass is 9.75. The van der Waals surface area contributed by atoms with Crippen LogP contribution in [0, 0.1) is 0 Å². The molecule has 2 aliphatic heterocycles. The van der Waals surface area contributed by atoms with Crippen LogP contribution in [0.4, 0.5) is 0 Å². The van der Waals surface area contributed by atoms with Crippen molar-refractivity contribution in [3.63, 3.8) is 0 Å². The molecule has 6 heteroatoms. The van der Waals surface area contributed by atoms with E-state index in [2.05, 4.69) is 12.2 Å². The molecule has 0 N–H and O–H groups in total. The molecule has 0 bridgehead atoms. The maximum absolute atomic E-state index is 13.3. The average Bonchev–Trinajstić information content (AvgIpc) is 3.15. The summed E-state index contributed by atoms with van der Waals surface area (Å²) in [5, 5.41) is 0. The number of fused-ring (bicyclic) bond motifs is 6. The Morgan fingerprint density at radius 1 is 1.07 bits per heavy atom. The van der Waals surface area contributed by atoms with Crippen molar-refractivity contribution >= 4 is 12.0 Å². The highest BCUT2D eigenvalue weighted by Crippen LogP contribution is 2.52. The van der Waals surface area contributed by atoms with E-state index in [-0.39, 0.29) is 24.7 Å². The molecule has 5 rings (SSSR count). The van der Waals surface area contributed by atoms with Gasteiger partial charge in [-0.1, -0.05) is 18.2 Å². The Hall–Kier alpha value is -3.15. The second-order valence-electron chi connectivity index (χ2n) is 6.85. The van der Waals surface area contributed by atoms with Crippen molar-refractivity contribution in [2.75, 3.05) is 28.1 Å². The van der Waals surface area contributed by atoms with E-state index in [0.29, 0.717) is 17.1 Å². The highest BCUT2D eigenvalue weighted by atomic mass is 16.7. The lowest BCUT2D eigenvalue weighted by Crippen LogP contribution is -2.41. The maximum atomic E-state index is 13.3. The Kier molecular flexibility index (Phi) is 3.37. The van der Waals surface area contributed by atoms with E-state index in [9.17, 15) is 4.79 Å². The lowest BCUT2D eigenvalue weighted by molar-refractivity contribution is 0.0682. The van der Waals surface area contributed by atoms with E-state index < -0.39 is 0 Å². The van der Waals surface area contributed by atoms with Crippen molar-refractivity contribution in [2.45, 2.75) is 12.0 Å². The van der Waals surface area contributed by atoms with Gasteiger partial charge in [0.15, 0.2) is 23.0 Å². The van der Waals surface area contributed by atoms with Crippen LogP contribution in [0.2, 0.25) is 0 Å². The Bertz CT molecular complexity index is 997. The molecule has 2 atom stereocenters. The summed E-state index contributed by atoms with van der Waals surface area (Å²) in [6.07, 6.45) is 4.23. The fourth-order valence-corrected chi connectivity index (χ4v) is 4.35. The first-order valence-electron chi connectivity index (χ1n) is 8.77. The molecule has 0 saturated carbocycles. The predicted molar refractivity (Wildman–Crippen MR) is 98.7 cm³/mol. The van der Waals surface area contributed by atoms with Gasteiger partial charge >= 0.3 is 0 Å². The number of carbonyl (C=O) groups is 1. The van der Waals surface area contributed by atoms with E-state index in [0.717, 1.165) is 28.2 Å². The van der Waals surface area contributed by atoms with Crippen molar-refractivity contribution in [1.29, 1.82) is 0 Å². The zero-order chi connectivity index (χ0) is 18.7. The van der Waals surface area contributed by atoms with Crippen LogP contribution in [0.3, 0.4) is 0 Å². The first kappa shape index (κ1) is 16.1. The lowest BCUT2D eigenvalue weighted by Gasteiger charge is -2.42. The zero-order valence-electron chi connectivity index (χ0n) is 15.3. The molecule has 2 heterocycles. The van der Waals surface area contributed by atoms with E-state index in [4.69, 9.17) is 18.9 Å². The Balaban J connectivity index is 1.71. The van der Waals surface area contributed by atoms with Gasteiger partial charge in [-0.25, -0.2) is 0 Å². The van der Waals surface area contributed by atoms with Crippen LogP contribution in [-0.4, -0.2) is 38.9 Å². The highest BCUT2D eigenvalue weighted by Gasteiger charge is 2.42. The normalized spacial score (nSPS) is 21.4. The van der Waals surface area contributed by atoms with Crippen LogP contribution in [-0.2, 0) is 0 Å². The molecule has 0 aromatic heterocycles. The van der Waals surface area contributed by atoms with Gasteiger partial charge in [-0.3, -0.25) is 4.79 Å². The van der Waals surface area contributed by atoms with Gasteiger partial charge in [0.1, 0.15) is 0 Å². The minimum Gasteiger partial charge on any atom is -0.493 e. The summed E-state index contributed by atoms with van der Waals surface area (Å²) in [6, 6.07) is 7.68. The number of benzene rings is 2. The largest absolute Gasteiger partial charge is 0.493 e. The molecule has 6 nitrogen and oxygen atoms in total. The predicted octanol–water partition coefficient (Wildman–Crippen LogP) is 3.37. The van der Waals surface area contributed by atoms with Crippen molar-refractivity contribution < 1.29 is 23.7 Å². The molecule has 0 saturated heterocycles. The molecule has 27 heavy (non-hydrogen) atoms. The van der Waals surface area contributed by atoms with Crippen LogP contribution in [0.5, 0.6) is 23.0 Å². The van der Waals surface area contributed by atoms with Gasteiger partial charge in [-0.15, -0.1) is 0 Å². The SMILES string of the molecule is COc1ccc2c(c1OC)C(=O)N(C)C1c3cc4c(cc3C=CC21)OCO4. The van der Waals surface area contributed by atoms with Crippen LogP contribution in [0.15, 0.2) is 30.3 Å². The van der Waals surface area contributed by atoms with Crippen molar-refractivity contribution in [3.8, 4) is 23.0 Å². The van der Waals surface area contributed by atoms with Gasteiger partial charge < -0.3 is 23.8 Å². The van der Waals surface area contributed by atoms with Gasteiger partial charge in [0.2, 0.25) is 6.79 Å². The topological polar surface area (TPSA) is 57.2 Å². The Morgan fingerprint density at radius 2 is 1.85 bits per heavy atom. The van der Waals surface area contributed by atoms with E-state index in [1.807, 2.05) is 31.3 Å². The van der Waals surface area contributed by atoms with Crippen LogP contribution in [0.25, 0.3) is 6.08 Å². The molecular weight excluding hydrogens is 346 g/mol. The van der Waals surface area contributed by atoms with Gasteiger partial charge in [-0.2, -0.15) is 0 Å². The fourth-order valence-electron chi connectivity index (χ4n) is 4.35. The number of nitrogens with zero attached hydrogens (tertiary/aromatic N) is 1. The number of hydrogen-bond acceptors (Lipinski definition) is 5. The second-order valence-corrected chi connectivity index (χ2v) is 6.85. The van der Waals surface area contributed by atoms with Crippen molar-refractivity contribution in [2.24, 2.45) is 0 Å².